The van der Waals surface area contributed by atoms with E-state index in [0.29, 0.717) is 0 Å². The molecule has 2 aliphatic rings. The molecule has 1 spiro atoms. The van der Waals surface area contributed by atoms with Crippen molar-refractivity contribution >= 4 is 12.0 Å². The van der Waals surface area contributed by atoms with Crippen LogP contribution in [0.1, 0.15) is 42.0 Å². The fourth-order valence-corrected chi connectivity index (χ4v) is 4.67. The first-order valence-electron chi connectivity index (χ1n) is 10.7. The van der Waals surface area contributed by atoms with Gasteiger partial charge in [0.2, 0.25) is 0 Å². The number of carbonyl (C=O) groups excluding carboxylic acids is 1. The Kier molecular flexibility index (Phi) is 6.86. The highest BCUT2D eigenvalue weighted by molar-refractivity contribution is 5.90. The normalized spacial score (nSPS) is 23.2. The second kappa shape index (κ2) is 9.79. The molecule has 0 aromatic heterocycles. The van der Waals surface area contributed by atoms with Crippen molar-refractivity contribution < 1.29 is 24.0 Å². The molecule has 2 aromatic carbocycles. The van der Waals surface area contributed by atoms with Gasteiger partial charge in [-0.3, -0.25) is 14.9 Å². The number of halogens is 1. The summed E-state index contributed by atoms with van der Waals surface area (Å²) in [6, 6.07) is 12.3. The summed E-state index contributed by atoms with van der Waals surface area (Å²) in [5, 5.41) is 8.67. The standard InChI is InChI=1S/C24H28FN3O4/c1-31-27-21-14-24(11-2-12-28(16-24)15-18-3-7-19(25)8-4-18)32-22-9-5-17(13-20(21)22)6-10-23(29)26-30/h3-10,13,21,27,30H,2,11-12,14-16H2,1H3,(H,26,29)/b10-6+. The Morgan fingerprint density at radius 1 is 1.34 bits per heavy atom. The molecular weight excluding hydrogens is 413 g/mol. The Bertz CT molecular complexity index is 982. The maximum atomic E-state index is 13.3. The van der Waals surface area contributed by atoms with Crippen molar-refractivity contribution in [2.45, 2.75) is 37.5 Å². The average Bonchev–Trinajstić information content (AvgIpc) is 2.79. The highest BCUT2D eigenvalue weighted by Crippen LogP contribution is 2.44. The molecule has 1 fully saturated rings. The quantitative estimate of drug-likeness (QED) is 0.362. The minimum absolute atomic E-state index is 0.0745. The lowest BCUT2D eigenvalue weighted by Gasteiger charge is -2.47. The minimum Gasteiger partial charge on any atom is -0.486 e. The number of likely N-dealkylation sites (tertiary alicyclic amines) is 1. The molecule has 2 aromatic rings. The van der Waals surface area contributed by atoms with Gasteiger partial charge in [-0.05, 0) is 60.9 Å². The predicted molar refractivity (Wildman–Crippen MR) is 117 cm³/mol. The third-order valence-electron chi connectivity index (χ3n) is 6.05. The monoisotopic (exact) mass is 441 g/mol. The lowest BCUT2D eigenvalue weighted by atomic mass is 9.81. The summed E-state index contributed by atoms with van der Waals surface area (Å²) in [7, 11) is 1.60. The maximum Gasteiger partial charge on any atom is 0.267 e. The second-order valence-corrected chi connectivity index (χ2v) is 8.41. The third-order valence-corrected chi connectivity index (χ3v) is 6.05. The van der Waals surface area contributed by atoms with E-state index < -0.39 is 5.91 Å². The van der Waals surface area contributed by atoms with E-state index in [4.69, 9.17) is 14.8 Å². The number of hydrogen-bond acceptors (Lipinski definition) is 6. The molecule has 0 radical (unpaired) electrons. The van der Waals surface area contributed by atoms with Crippen LogP contribution in [0, 0.1) is 5.82 Å². The number of amides is 1. The summed E-state index contributed by atoms with van der Waals surface area (Å²) >= 11 is 0. The van der Waals surface area contributed by atoms with Crippen molar-refractivity contribution in [3.63, 3.8) is 0 Å². The molecule has 0 aliphatic carbocycles. The highest BCUT2D eigenvalue weighted by Gasteiger charge is 2.44. The Labute approximate surface area is 186 Å². The zero-order valence-electron chi connectivity index (χ0n) is 18.0. The summed E-state index contributed by atoms with van der Waals surface area (Å²) in [6.07, 6.45) is 5.57. The molecule has 0 bridgehead atoms. The fraction of sp³-hybridized carbons (Fsp3) is 0.375. The number of ether oxygens (including phenoxy) is 1. The number of fused-ring (bicyclic) bond motifs is 1. The summed E-state index contributed by atoms with van der Waals surface area (Å²) < 4.78 is 19.8. The predicted octanol–water partition coefficient (Wildman–Crippen LogP) is 3.35. The fourth-order valence-electron chi connectivity index (χ4n) is 4.67. The number of rotatable bonds is 6. The number of piperidine rings is 1. The molecule has 32 heavy (non-hydrogen) atoms. The van der Waals surface area contributed by atoms with Gasteiger partial charge in [-0.1, -0.05) is 18.2 Å². The molecule has 7 nitrogen and oxygen atoms in total. The van der Waals surface area contributed by atoms with E-state index in [9.17, 15) is 9.18 Å². The third kappa shape index (κ3) is 5.16. The molecular formula is C24H28FN3O4. The summed E-state index contributed by atoms with van der Waals surface area (Å²) in [6.45, 7) is 2.48. The first-order valence-corrected chi connectivity index (χ1v) is 10.7. The molecule has 1 saturated heterocycles. The van der Waals surface area contributed by atoms with Gasteiger partial charge in [0.1, 0.15) is 17.2 Å². The van der Waals surface area contributed by atoms with Crippen molar-refractivity contribution in [1.29, 1.82) is 0 Å². The van der Waals surface area contributed by atoms with Crippen LogP contribution in [0.2, 0.25) is 0 Å². The van der Waals surface area contributed by atoms with Gasteiger partial charge in [0.05, 0.1) is 13.2 Å². The lowest BCUT2D eigenvalue weighted by molar-refractivity contribution is -0.124. The first kappa shape index (κ1) is 22.4. The molecule has 2 atom stereocenters. The van der Waals surface area contributed by atoms with E-state index in [1.165, 1.54) is 18.2 Å². The molecule has 2 heterocycles. The summed E-state index contributed by atoms with van der Waals surface area (Å²) in [5.74, 6) is -0.0260. The Hall–Kier alpha value is -2.78. The zero-order valence-corrected chi connectivity index (χ0v) is 18.0. The van der Waals surface area contributed by atoms with E-state index in [1.54, 1.807) is 18.7 Å². The molecule has 1 amide bonds. The topological polar surface area (TPSA) is 83.1 Å². The van der Waals surface area contributed by atoms with Crippen LogP contribution in [0.5, 0.6) is 5.75 Å². The lowest BCUT2D eigenvalue weighted by Crippen LogP contribution is -2.54. The van der Waals surface area contributed by atoms with Crippen molar-refractivity contribution in [1.82, 2.24) is 15.9 Å². The maximum absolute atomic E-state index is 13.3. The molecule has 170 valence electrons. The van der Waals surface area contributed by atoms with E-state index in [1.807, 2.05) is 30.3 Å². The van der Waals surface area contributed by atoms with Crippen LogP contribution >= 0.6 is 0 Å². The molecule has 2 unspecified atom stereocenters. The van der Waals surface area contributed by atoms with Crippen LogP contribution < -0.4 is 15.7 Å². The van der Waals surface area contributed by atoms with E-state index in [0.717, 1.165) is 61.3 Å². The van der Waals surface area contributed by atoms with Crippen LogP contribution in [0.3, 0.4) is 0 Å². The van der Waals surface area contributed by atoms with Crippen LogP contribution in [0.4, 0.5) is 4.39 Å². The summed E-state index contributed by atoms with van der Waals surface area (Å²) in [5.41, 5.74) is 7.19. The van der Waals surface area contributed by atoms with E-state index in [2.05, 4.69) is 10.4 Å². The Morgan fingerprint density at radius 2 is 2.16 bits per heavy atom. The number of carbonyl (C=O) groups is 1. The summed E-state index contributed by atoms with van der Waals surface area (Å²) in [4.78, 5) is 18.9. The van der Waals surface area contributed by atoms with Crippen molar-refractivity contribution in [2.24, 2.45) is 0 Å². The van der Waals surface area contributed by atoms with Gasteiger partial charge in [-0.15, -0.1) is 0 Å². The molecule has 8 heteroatoms. The van der Waals surface area contributed by atoms with Gasteiger partial charge in [0.25, 0.3) is 5.91 Å². The van der Waals surface area contributed by atoms with Crippen LogP contribution in [0.15, 0.2) is 48.5 Å². The second-order valence-electron chi connectivity index (χ2n) is 8.41. The van der Waals surface area contributed by atoms with Crippen LogP contribution in [-0.2, 0) is 16.2 Å². The van der Waals surface area contributed by atoms with E-state index in [-0.39, 0.29) is 17.5 Å². The molecule has 2 aliphatic heterocycles. The smallest absolute Gasteiger partial charge is 0.267 e. The molecule has 4 rings (SSSR count). The van der Waals surface area contributed by atoms with Gasteiger partial charge in [-0.25, -0.2) is 9.87 Å². The van der Waals surface area contributed by atoms with Crippen molar-refractivity contribution in [3.8, 4) is 5.75 Å². The average molecular weight is 442 g/mol. The van der Waals surface area contributed by atoms with Crippen LogP contribution in [0.25, 0.3) is 6.08 Å². The van der Waals surface area contributed by atoms with E-state index >= 15 is 0 Å². The SMILES string of the molecule is CONC1CC2(CCCN(Cc3ccc(F)cc3)C2)Oc2ccc(/C=C/C(=O)NO)cc21. The number of benzene rings is 2. The van der Waals surface area contributed by atoms with Gasteiger partial charge < -0.3 is 9.57 Å². The van der Waals surface area contributed by atoms with Crippen molar-refractivity contribution in [2.75, 3.05) is 20.2 Å². The number of hydrogen-bond donors (Lipinski definition) is 3. The van der Waals surface area contributed by atoms with Gasteiger partial charge in [0.15, 0.2) is 0 Å². The highest BCUT2D eigenvalue weighted by atomic mass is 19.1. The van der Waals surface area contributed by atoms with Crippen molar-refractivity contribution in [3.05, 3.63) is 71.0 Å². The number of hydroxylamine groups is 2. The zero-order chi connectivity index (χ0) is 22.6. The number of nitrogens with one attached hydrogen (secondary N) is 2. The Balaban J connectivity index is 1.54. The molecule has 0 saturated carbocycles. The first-order chi connectivity index (χ1) is 15.5. The van der Waals surface area contributed by atoms with Crippen LogP contribution in [-0.4, -0.2) is 41.8 Å². The van der Waals surface area contributed by atoms with Gasteiger partial charge in [-0.2, -0.15) is 5.48 Å². The Morgan fingerprint density at radius 3 is 2.91 bits per heavy atom. The van der Waals surface area contributed by atoms with Gasteiger partial charge >= 0.3 is 0 Å². The minimum atomic E-state index is -0.590. The number of nitrogens with zero attached hydrogens (tertiary/aromatic N) is 1. The molecule has 3 N–H and O–H groups in total. The van der Waals surface area contributed by atoms with Gasteiger partial charge in [0, 0.05) is 31.1 Å². The largest absolute Gasteiger partial charge is 0.486 e.